The Kier molecular flexibility index (Phi) is 6.00. The van der Waals surface area contributed by atoms with E-state index in [4.69, 9.17) is 10.5 Å². The fraction of sp³-hybridized carbons (Fsp3) is 0.400. The van der Waals surface area contributed by atoms with Crippen molar-refractivity contribution in [2.24, 2.45) is 0 Å². The molecule has 0 aliphatic heterocycles. The summed E-state index contributed by atoms with van der Waals surface area (Å²) < 4.78 is 32.4. The molecule has 0 saturated heterocycles. The first-order chi connectivity index (χ1) is 13.3. The number of benzene rings is 1. The van der Waals surface area contributed by atoms with Crippen LogP contribution < -0.4 is 5.73 Å². The number of nitrogens with zero attached hydrogens (tertiary/aromatic N) is 3. The zero-order valence-corrected chi connectivity index (χ0v) is 17.3. The van der Waals surface area contributed by atoms with Crippen molar-refractivity contribution in [2.75, 3.05) is 25.2 Å². The number of aromatic nitrogens is 3. The van der Waals surface area contributed by atoms with Gasteiger partial charge in [-0.1, -0.05) is 18.2 Å². The third kappa shape index (κ3) is 4.02. The van der Waals surface area contributed by atoms with Gasteiger partial charge in [-0.2, -0.15) is 0 Å². The van der Waals surface area contributed by atoms with E-state index in [0.29, 0.717) is 42.2 Å². The molecule has 0 aliphatic rings. The van der Waals surface area contributed by atoms with Gasteiger partial charge in [0.2, 0.25) is 0 Å². The maximum absolute atomic E-state index is 12.6. The fourth-order valence-electron chi connectivity index (χ4n) is 3.33. The van der Waals surface area contributed by atoms with Crippen LogP contribution in [0.15, 0.2) is 35.2 Å². The van der Waals surface area contributed by atoms with E-state index in [1.807, 2.05) is 19.9 Å². The molecule has 0 bridgehead atoms. The van der Waals surface area contributed by atoms with Gasteiger partial charge in [-0.15, -0.1) is 0 Å². The summed E-state index contributed by atoms with van der Waals surface area (Å²) in [5, 5.41) is 0. The Balaban J connectivity index is 1.91. The molecule has 0 amide bonds. The topological polar surface area (TPSA) is 100 Å². The number of hydrogen-bond acceptors (Lipinski definition) is 6. The summed E-state index contributed by atoms with van der Waals surface area (Å²) in [6.07, 6.45) is 1.10. The standard InChI is InChI=1S/C20H26N4O3S/c1-14-15(2)22-20(21)18-19(14)24(17(23-18)10-12-27-3)11-7-13-28(25,26)16-8-5-4-6-9-16/h4-6,8-9H,7,10-13H2,1-3H3,(H2,21,22). The number of anilines is 1. The summed E-state index contributed by atoms with van der Waals surface area (Å²) in [4.78, 5) is 9.39. The molecule has 0 radical (unpaired) electrons. The predicted molar refractivity (Wildman–Crippen MR) is 110 cm³/mol. The highest BCUT2D eigenvalue weighted by atomic mass is 32.2. The highest BCUT2D eigenvalue weighted by Crippen LogP contribution is 2.27. The zero-order valence-electron chi connectivity index (χ0n) is 16.5. The maximum atomic E-state index is 12.6. The molecule has 8 heteroatoms. The van der Waals surface area contributed by atoms with E-state index in [9.17, 15) is 8.42 Å². The lowest BCUT2D eigenvalue weighted by atomic mass is 10.2. The van der Waals surface area contributed by atoms with Gasteiger partial charge in [0, 0.05) is 25.8 Å². The van der Waals surface area contributed by atoms with Crippen molar-refractivity contribution in [3.63, 3.8) is 0 Å². The monoisotopic (exact) mass is 402 g/mol. The lowest BCUT2D eigenvalue weighted by molar-refractivity contribution is 0.199. The number of hydrogen-bond donors (Lipinski definition) is 1. The number of rotatable bonds is 8. The quantitative estimate of drug-likeness (QED) is 0.622. The minimum Gasteiger partial charge on any atom is -0.384 e. The van der Waals surface area contributed by atoms with Crippen LogP contribution in [-0.2, 0) is 27.5 Å². The molecule has 0 spiro atoms. The van der Waals surface area contributed by atoms with Gasteiger partial charge in [-0.05, 0) is 38.0 Å². The molecule has 0 unspecified atom stereocenters. The van der Waals surface area contributed by atoms with E-state index >= 15 is 0 Å². The van der Waals surface area contributed by atoms with E-state index < -0.39 is 9.84 Å². The molecule has 2 aromatic heterocycles. The lowest BCUT2D eigenvalue weighted by Crippen LogP contribution is -2.13. The van der Waals surface area contributed by atoms with E-state index in [2.05, 4.69) is 14.5 Å². The first-order valence-electron chi connectivity index (χ1n) is 9.23. The third-order valence-corrected chi connectivity index (χ3v) is 6.72. The number of ether oxygens (including phenoxy) is 1. The normalized spacial score (nSPS) is 12.0. The minimum atomic E-state index is -3.32. The molecule has 0 saturated carbocycles. The SMILES string of the molecule is COCCc1nc2c(N)nc(C)c(C)c2n1CCCS(=O)(=O)c1ccccc1. The van der Waals surface area contributed by atoms with Gasteiger partial charge >= 0.3 is 0 Å². The van der Waals surface area contributed by atoms with Crippen molar-refractivity contribution in [3.8, 4) is 0 Å². The maximum Gasteiger partial charge on any atom is 0.178 e. The van der Waals surface area contributed by atoms with Crippen LogP contribution >= 0.6 is 0 Å². The van der Waals surface area contributed by atoms with E-state index in [0.717, 1.165) is 22.6 Å². The summed E-state index contributed by atoms with van der Waals surface area (Å²) >= 11 is 0. The summed E-state index contributed by atoms with van der Waals surface area (Å²) in [5.74, 6) is 1.29. The Labute approximate surface area is 165 Å². The number of imidazole rings is 1. The van der Waals surface area contributed by atoms with Crippen LogP contribution in [0.5, 0.6) is 0 Å². The van der Waals surface area contributed by atoms with Gasteiger partial charge in [0.1, 0.15) is 11.3 Å². The summed E-state index contributed by atoms with van der Waals surface area (Å²) in [7, 11) is -1.67. The van der Waals surface area contributed by atoms with Crippen molar-refractivity contribution >= 4 is 26.7 Å². The Morgan fingerprint density at radius 2 is 1.86 bits per heavy atom. The number of pyridine rings is 1. The van der Waals surface area contributed by atoms with Gasteiger partial charge in [-0.3, -0.25) is 0 Å². The van der Waals surface area contributed by atoms with Crippen molar-refractivity contribution in [1.29, 1.82) is 0 Å². The average Bonchev–Trinajstić information content (AvgIpc) is 3.04. The van der Waals surface area contributed by atoms with E-state index in [1.165, 1.54) is 0 Å². The molecule has 3 rings (SSSR count). The Bertz CT molecular complexity index is 1080. The number of methoxy groups -OCH3 is 1. The number of aryl methyl sites for hydroxylation is 3. The molecule has 1 aromatic carbocycles. The Morgan fingerprint density at radius 3 is 2.54 bits per heavy atom. The molecule has 0 fully saturated rings. The van der Waals surface area contributed by atoms with Crippen LogP contribution in [-0.4, -0.2) is 42.4 Å². The molecule has 0 atom stereocenters. The van der Waals surface area contributed by atoms with Crippen LogP contribution in [0.1, 0.15) is 23.5 Å². The Morgan fingerprint density at radius 1 is 1.14 bits per heavy atom. The molecule has 0 aliphatic carbocycles. The lowest BCUT2D eigenvalue weighted by Gasteiger charge is -2.12. The number of sulfone groups is 1. The second kappa shape index (κ2) is 8.28. The van der Waals surface area contributed by atoms with Crippen molar-refractivity contribution < 1.29 is 13.2 Å². The third-order valence-electron chi connectivity index (χ3n) is 4.90. The largest absolute Gasteiger partial charge is 0.384 e. The number of nitrogen functional groups attached to an aromatic ring is 1. The number of fused-ring (bicyclic) bond motifs is 1. The molecular formula is C20H26N4O3S. The highest BCUT2D eigenvalue weighted by Gasteiger charge is 2.19. The first kappa shape index (κ1) is 20.3. The average molecular weight is 403 g/mol. The number of nitrogens with two attached hydrogens (primary N) is 1. The van der Waals surface area contributed by atoms with E-state index in [-0.39, 0.29) is 5.75 Å². The van der Waals surface area contributed by atoms with Crippen molar-refractivity contribution in [3.05, 3.63) is 47.4 Å². The summed E-state index contributed by atoms with van der Waals surface area (Å²) in [6, 6.07) is 8.54. The van der Waals surface area contributed by atoms with Gasteiger partial charge < -0.3 is 15.0 Å². The van der Waals surface area contributed by atoms with Gasteiger partial charge in [0.05, 0.1) is 22.8 Å². The first-order valence-corrected chi connectivity index (χ1v) is 10.9. The highest BCUT2D eigenvalue weighted by molar-refractivity contribution is 7.91. The summed E-state index contributed by atoms with van der Waals surface area (Å²) in [6.45, 7) is 4.96. The molecule has 28 heavy (non-hydrogen) atoms. The van der Waals surface area contributed by atoms with Gasteiger partial charge in [-0.25, -0.2) is 18.4 Å². The summed E-state index contributed by atoms with van der Waals surface area (Å²) in [5.41, 5.74) is 9.54. The predicted octanol–water partition coefficient (Wildman–Crippen LogP) is 2.68. The van der Waals surface area contributed by atoms with Crippen LogP contribution in [0.2, 0.25) is 0 Å². The van der Waals surface area contributed by atoms with Crippen LogP contribution in [0.25, 0.3) is 11.0 Å². The smallest absolute Gasteiger partial charge is 0.178 e. The van der Waals surface area contributed by atoms with Crippen LogP contribution in [0, 0.1) is 13.8 Å². The Hall–Kier alpha value is -2.45. The van der Waals surface area contributed by atoms with E-state index in [1.54, 1.807) is 31.4 Å². The molecular weight excluding hydrogens is 376 g/mol. The van der Waals surface area contributed by atoms with Gasteiger partial charge in [0.25, 0.3) is 0 Å². The van der Waals surface area contributed by atoms with Gasteiger partial charge in [0.15, 0.2) is 15.7 Å². The van der Waals surface area contributed by atoms with Crippen LogP contribution in [0.4, 0.5) is 5.82 Å². The van der Waals surface area contributed by atoms with Crippen LogP contribution in [0.3, 0.4) is 0 Å². The molecule has 2 N–H and O–H groups in total. The van der Waals surface area contributed by atoms with Crippen molar-refractivity contribution in [2.45, 2.75) is 38.1 Å². The molecule has 7 nitrogen and oxygen atoms in total. The fourth-order valence-corrected chi connectivity index (χ4v) is 4.65. The second-order valence-electron chi connectivity index (χ2n) is 6.81. The molecule has 150 valence electrons. The molecule has 3 aromatic rings. The zero-order chi connectivity index (χ0) is 20.3. The minimum absolute atomic E-state index is 0.0685. The second-order valence-corrected chi connectivity index (χ2v) is 8.92. The van der Waals surface area contributed by atoms with Crippen molar-refractivity contribution in [1.82, 2.24) is 14.5 Å². The molecule has 2 heterocycles.